The molecule has 1 amide bonds. The van der Waals surface area contributed by atoms with Crippen LogP contribution < -0.4 is 4.74 Å². The van der Waals surface area contributed by atoms with E-state index in [2.05, 4.69) is 44.9 Å². The smallest absolute Gasteiger partial charge is 0.303 e. The molecule has 1 aliphatic carbocycles. The Kier molecular flexibility index (Phi) is 7.38. The van der Waals surface area contributed by atoms with Gasteiger partial charge in [-0.3, -0.25) is 9.59 Å². The van der Waals surface area contributed by atoms with Crippen molar-refractivity contribution in [2.75, 3.05) is 13.1 Å². The third kappa shape index (κ3) is 5.12. The summed E-state index contributed by atoms with van der Waals surface area (Å²) >= 11 is 2.13. The number of carboxylic acids is 1. The van der Waals surface area contributed by atoms with Crippen molar-refractivity contribution < 1.29 is 24.0 Å². The van der Waals surface area contributed by atoms with Crippen molar-refractivity contribution >= 4 is 34.5 Å². The first-order chi connectivity index (χ1) is 18.3. The van der Waals surface area contributed by atoms with Gasteiger partial charge < -0.3 is 19.3 Å². The van der Waals surface area contributed by atoms with Gasteiger partial charge >= 0.3 is 5.97 Å². The molecule has 0 saturated carbocycles. The van der Waals surface area contributed by atoms with E-state index in [0.29, 0.717) is 60.9 Å². The lowest BCUT2D eigenvalue weighted by molar-refractivity contribution is -0.137. The van der Waals surface area contributed by atoms with E-state index < -0.39 is 5.97 Å². The zero-order valence-electron chi connectivity index (χ0n) is 20.9. The second kappa shape index (κ2) is 10.7. The number of rotatable bonds is 9. The maximum atomic E-state index is 12.9. The van der Waals surface area contributed by atoms with Crippen LogP contribution in [-0.2, 0) is 21.4 Å². The van der Waals surface area contributed by atoms with Crippen LogP contribution in [0.3, 0.4) is 0 Å². The van der Waals surface area contributed by atoms with Gasteiger partial charge in [0, 0.05) is 42.5 Å². The molecule has 38 heavy (non-hydrogen) atoms. The molecule has 2 unspecified atom stereocenters. The number of halogens is 1. The largest absolute Gasteiger partial charge is 0.481 e. The number of unbranched alkanes of at least 4 members (excludes halogenated alkanes) is 1. The van der Waals surface area contributed by atoms with E-state index >= 15 is 0 Å². The maximum Gasteiger partial charge on any atom is 0.303 e. The first-order valence-electron chi connectivity index (χ1n) is 12.6. The van der Waals surface area contributed by atoms with Gasteiger partial charge in [0.25, 0.3) is 5.89 Å². The van der Waals surface area contributed by atoms with Crippen molar-refractivity contribution in [2.45, 2.75) is 55.0 Å². The van der Waals surface area contributed by atoms with Gasteiger partial charge in [-0.25, -0.2) is 0 Å². The number of hydrogen-bond acceptors (Lipinski definition) is 7. The average Bonchev–Trinajstić information content (AvgIpc) is 3.60. The molecule has 0 bridgehead atoms. The molecule has 2 aromatic carbocycles. The summed E-state index contributed by atoms with van der Waals surface area (Å²) in [4.78, 5) is 30.2. The molecule has 196 valence electrons. The molecule has 1 fully saturated rings. The van der Waals surface area contributed by atoms with E-state index in [1.807, 2.05) is 24.0 Å². The predicted octanol–water partition coefficient (Wildman–Crippen LogP) is 5.11. The Morgan fingerprint density at radius 2 is 2.18 bits per heavy atom. The third-order valence-corrected chi connectivity index (χ3v) is 7.56. The van der Waals surface area contributed by atoms with Crippen molar-refractivity contribution in [1.82, 2.24) is 15.0 Å². The van der Waals surface area contributed by atoms with E-state index in [1.165, 1.54) is 0 Å². The normalized spacial score (nSPS) is 19.0. The molecule has 2 aliphatic rings. The second-order valence-corrected chi connectivity index (χ2v) is 11.6. The summed E-state index contributed by atoms with van der Waals surface area (Å²) in [5, 5.41) is 22.7. The molecule has 1 spiro atoms. The van der Waals surface area contributed by atoms with E-state index in [-0.39, 0.29) is 21.9 Å². The number of benzene rings is 2. The SMILES string of the molecule is CC(I)Oc1ccc(-c2nc(-c3cccc4c3CCC43CC(=O)N(CCCCC(=O)O)C3)no2)cc1C#N. The van der Waals surface area contributed by atoms with E-state index in [4.69, 9.17) is 14.4 Å². The fraction of sp³-hybridized carbons (Fsp3) is 0.393. The number of fused-ring (bicyclic) bond motifs is 2. The first kappa shape index (κ1) is 26.2. The second-order valence-electron chi connectivity index (χ2n) is 9.86. The lowest BCUT2D eigenvalue weighted by atomic mass is 9.80. The van der Waals surface area contributed by atoms with Gasteiger partial charge in [-0.1, -0.05) is 23.4 Å². The van der Waals surface area contributed by atoms with Crippen LogP contribution in [0.15, 0.2) is 40.9 Å². The summed E-state index contributed by atoms with van der Waals surface area (Å²) in [5.74, 6) is 0.616. The highest BCUT2D eigenvalue weighted by molar-refractivity contribution is 14.1. The Balaban J connectivity index is 1.37. The molecule has 1 saturated heterocycles. The number of ether oxygens (including phenoxy) is 1. The highest BCUT2D eigenvalue weighted by Crippen LogP contribution is 2.48. The molecule has 1 N–H and O–H groups in total. The van der Waals surface area contributed by atoms with Crippen LogP contribution in [0.2, 0.25) is 0 Å². The van der Waals surface area contributed by atoms with Crippen molar-refractivity contribution in [3.8, 4) is 34.7 Å². The number of carboxylic acid groups (broad SMARTS) is 1. The topological polar surface area (TPSA) is 130 Å². The molecule has 9 nitrogen and oxygen atoms in total. The summed E-state index contributed by atoms with van der Waals surface area (Å²) < 4.78 is 11.2. The van der Waals surface area contributed by atoms with Gasteiger partial charge in [0.15, 0.2) is 0 Å². The zero-order valence-corrected chi connectivity index (χ0v) is 23.1. The molecule has 2 heterocycles. The summed E-state index contributed by atoms with van der Waals surface area (Å²) in [6, 6.07) is 13.4. The summed E-state index contributed by atoms with van der Waals surface area (Å²) in [5.41, 5.74) is 3.97. The number of likely N-dealkylation sites (tertiary alicyclic amines) is 1. The fourth-order valence-corrected chi connectivity index (χ4v) is 5.85. The molecular formula is C28H27IN4O5. The number of hydrogen-bond donors (Lipinski definition) is 1. The fourth-order valence-electron chi connectivity index (χ4n) is 5.58. The van der Waals surface area contributed by atoms with Gasteiger partial charge in [-0.2, -0.15) is 10.2 Å². The monoisotopic (exact) mass is 626 g/mol. The quantitative estimate of drug-likeness (QED) is 0.197. The Morgan fingerprint density at radius 1 is 1.34 bits per heavy atom. The van der Waals surface area contributed by atoms with Crippen LogP contribution in [0.4, 0.5) is 0 Å². The predicted molar refractivity (Wildman–Crippen MR) is 147 cm³/mol. The summed E-state index contributed by atoms with van der Waals surface area (Å²) in [6.07, 6.45) is 3.51. The van der Waals surface area contributed by atoms with Crippen molar-refractivity contribution in [1.29, 1.82) is 5.26 Å². The summed E-state index contributed by atoms with van der Waals surface area (Å²) in [6.45, 7) is 3.13. The number of aromatic nitrogens is 2. The number of carbonyl (C=O) groups excluding carboxylic acids is 1. The Hall–Kier alpha value is -3.46. The Labute approximate surface area is 233 Å². The van der Waals surface area contributed by atoms with Crippen molar-refractivity contribution in [3.63, 3.8) is 0 Å². The molecule has 3 aromatic rings. The minimum Gasteiger partial charge on any atom is -0.481 e. The minimum absolute atomic E-state index is 0.0804. The maximum absolute atomic E-state index is 12.9. The van der Waals surface area contributed by atoms with E-state index in [1.54, 1.807) is 18.2 Å². The van der Waals surface area contributed by atoms with Crippen LogP contribution in [0.1, 0.15) is 55.7 Å². The number of alkyl halides is 1. The van der Waals surface area contributed by atoms with Gasteiger partial charge in [-0.15, -0.1) is 0 Å². The average molecular weight is 626 g/mol. The highest BCUT2D eigenvalue weighted by atomic mass is 127. The summed E-state index contributed by atoms with van der Waals surface area (Å²) in [7, 11) is 0. The van der Waals surface area contributed by atoms with Crippen LogP contribution >= 0.6 is 22.6 Å². The van der Waals surface area contributed by atoms with Crippen LogP contribution in [0, 0.1) is 11.3 Å². The number of nitriles is 1. The molecular weight excluding hydrogens is 599 g/mol. The number of nitrogens with zero attached hydrogens (tertiary/aromatic N) is 4. The Morgan fingerprint density at radius 3 is 2.95 bits per heavy atom. The lowest BCUT2D eigenvalue weighted by Gasteiger charge is -2.25. The number of aliphatic carboxylic acids is 1. The van der Waals surface area contributed by atoms with Gasteiger partial charge in [-0.05, 0) is 84.5 Å². The molecule has 10 heteroatoms. The Bertz CT molecular complexity index is 1430. The first-order valence-corrected chi connectivity index (χ1v) is 13.9. The van der Waals surface area contributed by atoms with E-state index in [0.717, 1.165) is 29.5 Å². The van der Waals surface area contributed by atoms with Gasteiger partial charge in [0.1, 0.15) is 15.9 Å². The standard InChI is InChI=1S/C28H27IN4O5/c1-17(29)37-23-9-8-18(13-19(23)15-30)27-31-26(32-38-27)21-5-4-6-22-20(21)10-11-28(22)14-24(34)33(16-28)12-3-2-7-25(35)36/h4-6,8-9,13,17H,2-3,7,10-12,14,16H2,1H3,(H,35,36). The minimum atomic E-state index is -0.807. The van der Waals surface area contributed by atoms with Crippen LogP contribution in [0.5, 0.6) is 5.75 Å². The van der Waals surface area contributed by atoms with Crippen molar-refractivity contribution in [3.05, 3.63) is 53.1 Å². The van der Waals surface area contributed by atoms with Crippen LogP contribution in [0.25, 0.3) is 22.8 Å². The number of carbonyl (C=O) groups is 2. The van der Waals surface area contributed by atoms with E-state index in [9.17, 15) is 14.9 Å². The molecule has 5 rings (SSSR count). The number of amides is 1. The van der Waals surface area contributed by atoms with Crippen molar-refractivity contribution in [2.24, 2.45) is 0 Å². The highest BCUT2D eigenvalue weighted by Gasteiger charge is 2.48. The molecule has 2 atom stereocenters. The van der Waals surface area contributed by atoms with Gasteiger partial charge in [0.2, 0.25) is 11.7 Å². The molecule has 1 aliphatic heterocycles. The van der Waals surface area contributed by atoms with Gasteiger partial charge in [0.05, 0.1) is 5.56 Å². The lowest BCUT2D eigenvalue weighted by Crippen LogP contribution is -2.30. The zero-order chi connectivity index (χ0) is 26.9. The third-order valence-electron chi connectivity index (χ3n) is 7.31. The molecule has 0 radical (unpaired) electrons. The van der Waals surface area contributed by atoms with Crippen LogP contribution in [-0.4, -0.2) is 49.2 Å². The molecule has 1 aromatic heterocycles.